The number of hydrogen-bond acceptors (Lipinski definition) is 7. The molecule has 0 saturated carbocycles. The minimum absolute atomic E-state index is 0.0957. The van der Waals surface area contributed by atoms with Crippen molar-refractivity contribution in [2.24, 2.45) is 0 Å². The zero-order chi connectivity index (χ0) is 27.7. The number of aromatic nitrogens is 2. The molecule has 9 heteroatoms. The number of carbonyl (C=O) groups is 1. The van der Waals surface area contributed by atoms with Crippen LogP contribution >= 0.6 is 11.3 Å². The van der Waals surface area contributed by atoms with Gasteiger partial charge in [0.05, 0.1) is 20.8 Å². The Labute approximate surface area is 240 Å². The van der Waals surface area contributed by atoms with Crippen LogP contribution < -0.4 is 14.8 Å². The van der Waals surface area contributed by atoms with Crippen LogP contribution in [0.4, 0.5) is 0 Å². The Balaban J connectivity index is 1.26. The maximum atomic E-state index is 12.8. The molecule has 4 aromatic rings. The Hall–Kier alpha value is -3.40. The molecule has 0 atom stereocenters. The van der Waals surface area contributed by atoms with Crippen molar-refractivity contribution in [2.75, 3.05) is 46.9 Å². The molecule has 40 heavy (non-hydrogen) atoms. The summed E-state index contributed by atoms with van der Waals surface area (Å²) in [6.07, 6.45) is 6.81. The predicted octanol–water partition coefficient (Wildman–Crippen LogP) is 5.10. The van der Waals surface area contributed by atoms with Gasteiger partial charge in [0.1, 0.15) is 22.2 Å². The normalized spacial score (nSPS) is 14.1. The second-order valence-electron chi connectivity index (χ2n) is 10.3. The molecule has 1 aliphatic heterocycles. The number of benzene rings is 2. The van der Waals surface area contributed by atoms with E-state index in [4.69, 9.17) is 14.5 Å². The van der Waals surface area contributed by atoms with Gasteiger partial charge in [-0.1, -0.05) is 30.7 Å². The van der Waals surface area contributed by atoms with Crippen molar-refractivity contribution >= 4 is 28.1 Å². The van der Waals surface area contributed by atoms with Crippen LogP contribution in [-0.4, -0.2) is 72.6 Å². The third kappa shape index (κ3) is 7.21. The van der Waals surface area contributed by atoms with Crippen LogP contribution in [0, 0.1) is 0 Å². The van der Waals surface area contributed by atoms with Gasteiger partial charge in [0, 0.05) is 60.3 Å². The van der Waals surface area contributed by atoms with E-state index in [1.54, 1.807) is 14.2 Å². The molecule has 0 radical (unpaired) electrons. The Kier molecular flexibility index (Phi) is 9.70. The van der Waals surface area contributed by atoms with Gasteiger partial charge in [-0.25, -0.2) is 4.98 Å². The fourth-order valence-electron chi connectivity index (χ4n) is 5.33. The second-order valence-corrected chi connectivity index (χ2v) is 11.2. The van der Waals surface area contributed by atoms with Gasteiger partial charge in [0.25, 0.3) is 5.91 Å². The first-order chi connectivity index (χ1) is 19.6. The number of likely N-dealkylation sites (tertiary alicyclic amines) is 1. The zero-order valence-corrected chi connectivity index (χ0v) is 24.3. The highest BCUT2D eigenvalue weighted by Crippen LogP contribution is 2.27. The van der Waals surface area contributed by atoms with E-state index < -0.39 is 0 Å². The van der Waals surface area contributed by atoms with E-state index in [9.17, 15) is 4.79 Å². The van der Waals surface area contributed by atoms with Crippen LogP contribution in [0.3, 0.4) is 0 Å². The standard InChI is InChI=1S/C31H39N5O3S/c1-38-25-11-10-24(29(18-25)39-2)20-36(16-12-23-19-33-27-9-5-4-8-26(23)27)21-30-34-28(22-40-30)31(37)32-13-17-35-14-6-3-7-15-35/h4-5,8-11,18-19,22,33H,3,6-7,12-17,20-21H2,1-2H3,(H,32,37). The topological polar surface area (TPSA) is 82.7 Å². The lowest BCUT2D eigenvalue weighted by Gasteiger charge is -2.26. The Morgan fingerprint density at radius 3 is 2.75 bits per heavy atom. The number of aromatic amines is 1. The quantitative estimate of drug-likeness (QED) is 0.236. The molecule has 8 nitrogen and oxygen atoms in total. The smallest absolute Gasteiger partial charge is 0.270 e. The molecule has 5 rings (SSSR count). The zero-order valence-electron chi connectivity index (χ0n) is 23.4. The molecule has 0 spiro atoms. The van der Waals surface area contributed by atoms with Crippen molar-refractivity contribution in [3.05, 3.63) is 75.9 Å². The fraction of sp³-hybridized carbons (Fsp3) is 0.419. The van der Waals surface area contributed by atoms with Crippen molar-refractivity contribution in [1.29, 1.82) is 0 Å². The first kappa shape index (κ1) is 28.1. The van der Waals surface area contributed by atoms with Crippen molar-refractivity contribution in [1.82, 2.24) is 25.1 Å². The highest BCUT2D eigenvalue weighted by atomic mass is 32.1. The van der Waals surface area contributed by atoms with Gasteiger partial charge in [0.15, 0.2) is 0 Å². The summed E-state index contributed by atoms with van der Waals surface area (Å²) in [6, 6.07) is 14.3. The number of nitrogens with one attached hydrogen (secondary N) is 2. The number of hydrogen-bond donors (Lipinski definition) is 2. The minimum atomic E-state index is -0.0957. The number of fused-ring (bicyclic) bond motifs is 1. The van der Waals surface area contributed by atoms with Gasteiger partial charge in [-0.2, -0.15) is 0 Å². The van der Waals surface area contributed by atoms with Crippen LogP contribution in [0.1, 0.15) is 45.9 Å². The van der Waals surface area contributed by atoms with Crippen LogP contribution in [0.2, 0.25) is 0 Å². The lowest BCUT2D eigenvalue weighted by molar-refractivity contribution is 0.0942. The highest BCUT2D eigenvalue weighted by Gasteiger charge is 2.17. The number of carbonyl (C=O) groups excluding carboxylic acids is 1. The number of ether oxygens (including phenoxy) is 2. The third-order valence-electron chi connectivity index (χ3n) is 7.57. The molecule has 2 N–H and O–H groups in total. The molecule has 0 unspecified atom stereocenters. The van der Waals surface area contributed by atoms with Gasteiger partial charge in [-0.3, -0.25) is 9.69 Å². The largest absolute Gasteiger partial charge is 0.497 e. The maximum Gasteiger partial charge on any atom is 0.270 e. The minimum Gasteiger partial charge on any atom is -0.497 e. The van der Waals surface area contributed by atoms with E-state index in [0.717, 1.165) is 60.2 Å². The summed E-state index contributed by atoms with van der Waals surface area (Å²) < 4.78 is 11.1. The SMILES string of the molecule is COc1ccc(CN(CCc2c[nH]c3ccccc23)Cc2nc(C(=O)NCCN3CCCCC3)cs2)c(OC)c1. The second kappa shape index (κ2) is 13.8. The van der Waals surface area contributed by atoms with Gasteiger partial charge in [-0.05, 0) is 50.0 Å². The first-order valence-electron chi connectivity index (χ1n) is 14.1. The number of piperidine rings is 1. The molecule has 1 saturated heterocycles. The van der Waals surface area contributed by atoms with E-state index in [0.29, 0.717) is 25.3 Å². The number of H-pyrrole nitrogens is 1. The molecule has 212 valence electrons. The van der Waals surface area contributed by atoms with Gasteiger partial charge in [0.2, 0.25) is 0 Å². The number of nitrogens with zero attached hydrogens (tertiary/aromatic N) is 3. The summed E-state index contributed by atoms with van der Waals surface area (Å²) in [7, 11) is 3.34. The van der Waals surface area contributed by atoms with Crippen LogP contribution in [0.15, 0.2) is 54.0 Å². The molecule has 1 amide bonds. The number of amides is 1. The molecule has 1 aliphatic rings. The lowest BCUT2D eigenvalue weighted by atomic mass is 10.1. The molecular weight excluding hydrogens is 522 g/mol. The van der Waals surface area contributed by atoms with Crippen molar-refractivity contribution in [2.45, 2.75) is 38.8 Å². The lowest BCUT2D eigenvalue weighted by Crippen LogP contribution is -2.37. The van der Waals surface area contributed by atoms with E-state index >= 15 is 0 Å². The third-order valence-corrected chi connectivity index (χ3v) is 8.40. The van der Waals surface area contributed by atoms with Crippen molar-refractivity contribution < 1.29 is 14.3 Å². The summed E-state index contributed by atoms with van der Waals surface area (Å²) in [5, 5.41) is 7.11. The van der Waals surface area contributed by atoms with Gasteiger partial charge < -0.3 is 24.7 Å². The van der Waals surface area contributed by atoms with Gasteiger partial charge >= 0.3 is 0 Å². The molecule has 2 aromatic carbocycles. The average molecular weight is 562 g/mol. The Morgan fingerprint density at radius 2 is 1.93 bits per heavy atom. The summed E-state index contributed by atoms with van der Waals surface area (Å²) in [4.78, 5) is 25.7. The predicted molar refractivity (Wildman–Crippen MR) is 160 cm³/mol. The maximum absolute atomic E-state index is 12.8. The molecule has 3 heterocycles. The molecule has 1 fully saturated rings. The molecule has 2 aromatic heterocycles. The summed E-state index contributed by atoms with van der Waals surface area (Å²) in [5.74, 6) is 1.47. The summed E-state index contributed by atoms with van der Waals surface area (Å²) in [6.45, 7) is 5.96. The van der Waals surface area contributed by atoms with Crippen molar-refractivity contribution in [3.63, 3.8) is 0 Å². The number of para-hydroxylation sites is 1. The Bertz CT molecular complexity index is 1390. The summed E-state index contributed by atoms with van der Waals surface area (Å²) in [5.41, 5.74) is 4.01. The van der Waals surface area contributed by atoms with Crippen LogP contribution in [0.5, 0.6) is 11.5 Å². The van der Waals surface area contributed by atoms with E-state index in [1.807, 2.05) is 17.5 Å². The number of rotatable bonds is 13. The van der Waals surface area contributed by atoms with Crippen LogP contribution in [0.25, 0.3) is 10.9 Å². The Morgan fingerprint density at radius 1 is 1.07 bits per heavy atom. The summed E-state index contributed by atoms with van der Waals surface area (Å²) >= 11 is 1.54. The first-order valence-corrected chi connectivity index (χ1v) is 14.9. The van der Waals surface area contributed by atoms with E-state index in [2.05, 4.69) is 56.6 Å². The van der Waals surface area contributed by atoms with E-state index in [1.165, 1.54) is 41.5 Å². The highest BCUT2D eigenvalue weighted by molar-refractivity contribution is 7.09. The fourth-order valence-corrected chi connectivity index (χ4v) is 6.15. The number of thiazole rings is 1. The molecular formula is C31H39N5O3S. The molecule has 0 bridgehead atoms. The van der Waals surface area contributed by atoms with Gasteiger partial charge in [-0.15, -0.1) is 11.3 Å². The molecule has 0 aliphatic carbocycles. The number of methoxy groups -OCH3 is 2. The van der Waals surface area contributed by atoms with Crippen LogP contribution in [-0.2, 0) is 19.5 Å². The van der Waals surface area contributed by atoms with E-state index in [-0.39, 0.29) is 5.91 Å². The average Bonchev–Trinajstić information content (AvgIpc) is 3.64. The van der Waals surface area contributed by atoms with Crippen molar-refractivity contribution in [3.8, 4) is 11.5 Å². The monoisotopic (exact) mass is 561 g/mol.